The van der Waals surface area contributed by atoms with Crippen molar-refractivity contribution in [2.45, 2.75) is 25.7 Å². The molecule has 1 unspecified atom stereocenters. The molecule has 0 radical (unpaired) electrons. The van der Waals surface area contributed by atoms with E-state index < -0.39 is 0 Å². The van der Waals surface area contributed by atoms with E-state index >= 15 is 0 Å². The quantitative estimate of drug-likeness (QED) is 0.731. The molecule has 1 atom stereocenters. The topological polar surface area (TPSA) is 63.9 Å². The second kappa shape index (κ2) is 7.07. The molecule has 0 N–H and O–H groups in total. The minimum absolute atomic E-state index is 0.0682. The number of carbonyl (C=O) groups excluding carboxylic acids is 1. The van der Waals surface area contributed by atoms with Gasteiger partial charge in [-0.1, -0.05) is 6.07 Å². The Hall–Kier alpha value is -3.02. The van der Waals surface area contributed by atoms with Crippen LogP contribution < -0.4 is 0 Å². The number of imidazole rings is 1. The number of piperidine rings is 1. The molecule has 1 amide bonds. The summed E-state index contributed by atoms with van der Waals surface area (Å²) in [4.78, 5) is 27.8. The van der Waals surface area contributed by atoms with Gasteiger partial charge in [0.05, 0.1) is 0 Å². The van der Waals surface area contributed by atoms with E-state index in [0.717, 1.165) is 36.7 Å². The predicted octanol–water partition coefficient (Wildman–Crippen LogP) is 2.99. The molecular formula is C20H21N5O. The smallest absolute Gasteiger partial charge is 0.253 e. The van der Waals surface area contributed by atoms with Crippen molar-refractivity contribution in [3.05, 3.63) is 72.2 Å². The zero-order chi connectivity index (χ0) is 17.9. The number of rotatable bonds is 3. The van der Waals surface area contributed by atoms with E-state index in [1.807, 2.05) is 34.7 Å². The highest BCUT2D eigenvalue weighted by molar-refractivity contribution is 5.94. The zero-order valence-corrected chi connectivity index (χ0v) is 14.7. The number of pyridine rings is 2. The van der Waals surface area contributed by atoms with E-state index in [9.17, 15) is 4.79 Å². The van der Waals surface area contributed by atoms with Gasteiger partial charge in [0.2, 0.25) is 0 Å². The molecule has 132 valence electrons. The van der Waals surface area contributed by atoms with Gasteiger partial charge in [0.25, 0.3) is 5.91 Å². The predicted molar refractivity (Wildman–Crippen MR) is 98.2 cm³/mol. The number of nitrogens with zero attached hydrogens (tertiary/aromatic N) is 5. The first-order chi connectivity index (χ1) is 12.7. The van der Waals surface area contributed by atoms with Gasteiger partial charge in [0.15, 0.2) is 0 Å². The van der Waals surface area contributed by atoms with E-state index in [2.05, 4.69) is 16.0 Å². The Balaban J connectivity index is 1.55. The Morgan fingerprint density at radius 1 is 1.15 bits per heavy atom. The van der Waals surface area contributed by atoms with Gasteiger partial charge in [0, 0.05) is 55.1 Å². The first-order valence-electron chi connectivity index (χ1n) is 8.89. The van der Waals surface area contributed by atoms with Gasteiger partial charge in [-0.15, -0.1) is 0 Å². The summed E-state index contributed by atoms with van der Waals surface area (Å²) in [5, 5.41) is 0. The molecule has 26 heavy (non-hydrogen) atoms. The average Bonchev–Trinajstić information content (AvgIpc) is 3.14. The molecule has 0 aliphatic carbocycles. The summed E-state index contributed by atoms with van der Waals surface area (Å²) in [6, 6.07) is 9.61. The van der Waals surface area contributed by atoms with E-state index in [1.165, 1.54) is 0 Å². The molecule has 1 aliphatic rings. The molecule has 0 aromatic carbocycles. The number of likely N-dealkylation sites (tertiary alicyclic amines) is 1. The SMILES string of the molecule is Cc1nccn1-c1cccc(C2CCCN(C(=O)c3ccncc3)C2)n1. The van der Waals surface area contributed by atoms with Crippen LogP contribution in [0.25, 0.3) is 5.82 Å². The number of carbonyl (C=O) groups is 1. The van der Waals surface area contributed by atoms with E-state index in [4.69, 9.17) is 4.98 Å². The standard InChI is InChI=1S/C20H21N5O/c1-15-22-11-13-25(15)19-6-2-5-18(23-19)17-4-3-12-24(14-17)20(26)16-7-9-21-10-8-16/h2,5-11,13,17H,3-4,12,14H2,1H3. The number of amides is 1. The molecule has 6 nitrogen and oxygen atoms in total. The first-order valence-corrected chi connectivity index (χ1v) is 8.89. The molecule has 6 heteroatoms. The van der Waals surface area contributed by atoms with E-state index in [-0.39, 0.29) is 11.8 Å². The molecule has 4 heterocycles. The van der Waals surface area contributed by atoms with Crippen LogP contribution in [0.3, 0.4) is 0 Å². The Morgan fingerprint density at radius 2 is 2.00 bits per heavy atom. The van der Waals surface area contributed by atoms with E-state index in [1.54, 1.807) is 30.7 Å². The van der Waals surface area contributed by atoms with E-state index in [0.29, 0.717) is 12.1 Å². The largest absolute Gasteiger partial charge is 0.338 e. The molecule has 4 rings (SSSR count). The summed E-state index contributed by atoms with van der Waals surface area (Å²) in [5.74, 6) is 2.10. The number of aromatic nitrogens is 4. The van der Waals surface area contributed by atoms with Crippen LogP contribution in [0.4, 0.5) is 0 Å². The van der Waals surface area contributed by atoms with Gasteiger partial charge in [-0.3, -0.25) is 14.3 Å². The van der Waals surface area contributed by atoms with Crippen molar-refractivity contribution in [1.29, 1.82) is 0 Å². The van der Waals surface area contributed by atoms with Crippen molar-refractivity contribution < 1.29 is 4.79 Å². The lowest BCUT2D eigenvalue weighted by Gasteiger charge is -2.32. The highest BCUT2D eigenvalue weighted by atomic mass is 16.2. The molecule has 0 spiro atoms. The third kappa shape index (κ3) is 3.22. The van der Waals surface area contributed by atoms with Crippen molar-refractivity contribution in [3.63, 3.8) is 0 Å². The average molecular weight is 347 g/mol. The molecule has 3 aromatic heterocycles. The monoisotopic (exact) mass is 347 g/mol. The van der Waals surface area contributed by atoms with Crippen molar-refractivity contribution in [1.82, 2.24) is 24.4 Å². The fourth-order valence-corrected chi connectivity index (χ4v) is 3.50. The minimum Gasteiger partial charge on any atom is -0.338 e. The van der Waals surface area contributed by atoms with Crippen LogP contribution in [0.15, 0.2) is 55.1 Å². The van der Waals surface area contributed by atoms with Gasteiger partial charge in [-0.05, 0) is 44.0 Å². The van der Waals surface area contributed by atoms with Crippen LogP contribution in [0, 0.1) is 6.92 Å². The summed E-state index contributed by atoms with van der Waals surface area (Å²) in [6.07, 6.45) is 9.04. The maximum atomic E-state index is 12.7. The summed E-state index contributed by atoms with van der Waals surface area (Å²) in [6.45, 7) is 3.45. The van der Waals surface area contributed by atoms with Gasteiger partial charge in [-0.25, -0.2) is 9.97 Å². The Kier molecular flexibility index (Phi) is 4.48. The second-order valence-corrected chi connectivity index (χ2v) is 6.59. The maximum absolute atomic E-state index is 12.7. The highest BCUT2D eigenvalue weighted by Crippen LogP contribution is 2.27. The summed E-state index contributed by atoms with van der Waals surface area (Å²) >= 11 is 0. The lowest BCUT2D eigenvalue weighted by atomic mass is 9.94. The van der Waals surface area contributed by atoms with Crippen LogP contribution in [0.1, 0.15) is 40.6 Å². The molecule has 1 fully saturated rings. The van der Waals surface area contributed by atoms with Crippen LogP contribution in [-0.2, 0) is 0 Å². The maximum Gasteiger partial charge on any atom is 0.253 e. The van der Waals surface area contributed by atoms with Crippen molar-refractivity contribution in [2.24, 2.45) is 0 Å². The summed E-state index contributed by atoms with van der Waals surface area (Å²) < 4.78 is 1.98. The van der Waals surface area contributed by atoms with Gasteiger partial charge in [0.1, 0.15) is 11.6 Å². The first kappa shape index (κ1) is 16.4. The molecule has 0 bridgehead atoms. The van der Waals surface area contributed by atoms with Crippen LogP contribution in [0.2, 0.25) is 0 Å². The fourth-order valence-electron chi connectivity index (χ4n) is 3.50. The Bertz CT molecular complexity index is 905. The third-order valence-electron chi connectivity index (χ3n) is 4.88. The normalized spacial score (nSPS) is 17.3. The second-order valence-electron chi connectivity index (χ2n) is 6.59. The van der Waals surface area contributed by atoms with Crippen LogP contribution in [0.5, 0.6) is 0 Å². The zero-order valence-electron chi connectivity index (χ0n) is 14.7. The number of hydrogen-bond acceptors (Lipinski definition) is 4. The summed E-state index contributed by atoms with van der Waals surface area (Å²) in [7, 11) is 0. The lowest BCUT2D eigenvalue weighted by molar-refractivity contribution is 0.0706. The van der Waals surface area contributed by atoms with Crippen molar-refractivity contribution in [2.75, 3.05) is 13.1 Å². The number of hydrogen-bond donors (Lipinski definition) is 0. The Morgan fingerprint density at radius 3 is 2.77 bits per heavy atom. The molecule has 1 aliphatic heterocycles. The van der Waals surface area contributed by atoms with Crippen LogP contribution >= 0.6 is 0 Å². The lowest BCUT2D eigenvalue weighted by Crippen LogP contribution is -2.39. The molecule has 0 saturated carbocycles. The minimum atomic E-state index is 0.0682. The van der Waals surface area contributed by atoms with Gasteiger partial charge < -0.3 is 4.90 Å². The highest BCUT2D eigenvalue weighted by Gasteiger charge is 2.26. The van der Waals surface area contributed by atoms with Gasteiger partial charge >= 0.3 is 0 Å². The van der Waals surface area contributed by atoms with Crippen molar-refractivity contribution in [3.8, 4) is 5.82 Å². The molecule has 1 saturated heterocycles. The van der Waals surface area contributed by atoms with Crippen molar-refractivity contribution >= 4 is 5.91 Å². The fraction of sp³-hybridized carbons (Fsp3) is 0.300. The number of aryl methyl sites for hydroxylation is 1. The summed E-state index contributed by atoms with van der Waals surface area (Å²) in [5.41, 5.74) is 1.72. The van der Waals surface area contributed by atoms with Crippen LogP contribution in [-0.4, -0.2) is 43.4 Å². The molecular weight excluding hydrogens is 326 g/mol. The van der Waals surface area contributed by atoms with Gasteiger partial charge in [-0.2, -0.15) is 0 Å². The Labute approximate surface area is 152 Å². The third-order valence-corrected chi connectivity index (χ3v) is 4.88. The molecule has 3 aromatic rings.